The maximum atomic E-state index is 2.35. The van der Waals surface area contributed by atoms with E-state index in [1.54, 1.807) is 41.2 Å². The minimum Gasteiger partial charge on any atom is -0.147 e. The van der Waals surface area contributed by atoms with E-state index in [1.807, 2.05) is 0 Å². The van der Waals surface area contributed by atoms with Gasteiger partial charge in [0.15, 0.2) is 0 Å². The third-order valence-electron chi connectivity index (χ3n) is 2.23. The Morgan fingerprint density at radius 3 is 1.67 bits per heavy atom. The van der Waals surface area contributed by atoms with Crippen molar-refractivity contribution in [3.8, 4) is 0 Å². The Kier molecular flexibility index (Phi) is 6.99. The molecule has 1 aliphatic heterocycles. The zero-order chi connectivity index (χ0) is 7.94. The fraction of sp³-hybridized carbons (Fsp3) is 0.625. The van der Waals surface area contributed by atoms with Crippen molar-refractivity contribution in [2.24, 2.45) is 0 Å². The van der Waals surface area contributed by atoms with Crippen molar-refractivity contribution < 1.29 is 24.7 Å². The van der Waals surface area contributed by atoms with Crippen molar-refractivity contribution in [1.29, 1.82) is 0 Å². The number of hydrogen-bond acceptors (Lipinski definition) is 0. The van der Waals surface area contributed by atoms with Crippen molar-refractivity contribution >= 4 is 38.3 Å². The van der Waals surface area contributed by atoms with Crippen molar-refractivity contribution in [2.45, 2.75) is 30.6 Å². The van der Waals surface area contributed by atoms with E-state index in [2.05, 4.69) is 27.7 Å². The van der Waals surface area contributed by atoms with Gasteiger partial charge in [0.2, 0.25) is 0 Å². The molecule has 0 fully saturated rings. The van der Waals surface area contributed by atoms with Gasteiger partial charge >= 0.3 is 79.9 Å². The largest absolute Gasteiger partial charge is 0.147 e. The summed E-state index contributed by atoms with van der Waals surface area (Å²) in [6, 6.07) is 0. The first-order chi connectivity index (χ1) is 4.45. The summed E-state index contributed by atoms with van der Waals surface area (Å²) in [6.07, 6.45) is 0. The van der Waals surface area contributed by atoms with Crippen LogP contribution >= 0.6 is 33.0 Å². The summed E-state index contributed by atoms with van der Waals surface area (Å²) in [7, 11) is 1.54. The minimum absolute atomic E-state index is 0. The molecule has 0 N–H and O–H groups in total. The monoisotopic (exact) mass is 301 g/mol. The quantitative estimate of drug-likeness (QED) is 0.600. The van der Waals surface area contributed by atoms with E-state index >= 15 is 0 Å². The van der Waals surface area contributed by atoms with Crippen molar-refractivity contribution in [3.05, 3.63) is 11.1 Å². The van der Waals surface area contributed by atoms with Gasteiger partial charge in [-0.15, -0.1) is 24.8 Å². The average molecular weight is 303 g/mol. The molecule has 0 bridgehead atoms. The first kappa shape index (κ1) is 15.8. The van der Waals surface area contributed by atoms with Gasteiger partial charge < -0.3 is 0 Å². The normalized spacial score (nSPS) is 28.8. The van der Waals surface area contributed by atoms with Gasteiger partial charge in [-0.05, 0) is 0 Å². The van der Waals surface area contributed by atoms with Gasteiger partial charge in [-0.25, -0.2) is 0 Å². The number of allylic oxidation sites excluding steroid dienone is 2. The molecular formula is C8H14Cl2PZr. The van der Waals surface area contributed by atoms with Gasteiger partial charge in [0.25, 0.3) is 0 Å². The average Bonchev–Trinajstić information content (AvgIpc) is 1.95. The van der Waals surface area contributed by atoms with Crippen LogP contribution in [0.4, 0.5) is 0 Å². The summed E-state index contributed by atoms with van der Waals surface area (Å²) in [5.41, 5.74) is 3.14. The van der Waals surface area contributed by atoms with Gasteiger partial charge in [0.05, 0.1) is 0 Å². The Bertz CT molecular complexity index is 231. The molecule has 1 aliphatic rings. The van der Waals surface area contributed by atoms with Crippen molar-refractivity contribution in [3.63, 3.8) is 0 Å². The topological polar surface area (TPSA) is 0 Å². The molecule has 0 aromatic carbocycles. The van der Waals surface area contributed by atoms with Gasteiger partial charge in [-0.1, -0.05) is 0 Å². The molecule has 0 amide bonds. The predicted octanol–water partition coefficient (Wildman–Crippen LogP) is 3.58. The molecule has 1 unspecified atom stereocenters. The van der Waals surface area contributed by atoms with Gasteiger partial charge in [0.1, 0.15) is 0 Å². The number of halogens is 2. The Hall–Kier alpha value is 1.37. The molecule has 0 aromatic heterocycles. The van der Waals surface area contributed by atoms with Crippen LogP contribution in [-0.4, -0.2) is 8.16 Å². The van der Waals surface area contributed by atoms with E-state index in [1.165, 1.54) is 8.20 Å². The minimum atomic E-state index is 0. The molecule has 0 radical (unpaired) electrons. The predicted molar refractivity (Wildman–Crippen MR) is 58.9 cm³/mol. The van der Waals surface area contributed by atoms with E-state index in [-0.39, 0.29) is 24.8 Å². The molecule has 0 nitrogen and oxygen atoms in total. The summed E-state index contributed by atoms with van der Waals surface area (Å²) in [5, 5.41) is 1.57. The zero-order valence-electron chi connectivity index (χ0n) is 7.76. The smallest absolute Gasteiger partial charge is 0.147 e. The first-order valence-electron chi connectivity index (χ1n) is 3.45. The number of hydrogen-bond donors (Lipinski definition) is 0. The van der Waals surface area contributed by atoms with E-state index in [0.717, 1.165) is 0 Å². The maximum Gasteiger partial charge on any atom is -0.147 e. The van der Waals surface area contributed by atoms with Crippen LogP contribution in [0.15, 0.2) is 11.1 Å². The first-order valence-corrected chi connectivity index (χ1v) is 5.57. The van der Waals surface area contributed by atoms with Gasteiger partial charge in [-0.2, -0.15) is 0 Å². The summed E-state index contributed by atoms with van der Waals surface area (Å²) in [4.78, 5) is 0. The van der Waals surface area contributed by atoms with E-state index < -0.39 is 0 Å². The fourth-order valence-corrected chi connectivity index (χ4v) is 4.18. The Morgan fingerprint density at radius 2 is 1.58 bits per heavy atom. The summed E-state index contributed by atoms with van der Waals surface area (Å²) >= 11 is 1.64. The van der Waals surface area contributed by atoms with Crippen molar-refractivity contribution in [2.75, 3.05) is 0 Å². The molecule has 0 saturated heterocycles. The van der Waals surface area contributed by atoms with Crippen LogP contribution in [0.5, 0.6) is 0 Å². The molecule has 1 atom stereocenters. The molecule has 1 heterocycles. The van der Waals surface area contributed by atoms with Crippen LogP contribution < -0.4 is 0 Å². The molecule has 0 saturated carbocycles. The van der Waals surface area contributed by atoms with Crippen LogP contribution in [0, 0.1) is 0 Å². The van der Waals surface area contributed by atoms with E-state index in [9.17, 15) is 0 Å². The van der Waals surface area contributed by atoms with Gasteiger partial charge in [-0.3, -0.25) is 0 Å². The van der Waals surface area contributed by atoms with Crippen LogP contribution in [0.25, 0.3) is 0 Å². The molecule has 0 spiro atoms. The second-order valence-electron chi connectivity index (χ2n) is 3.02. The summed E-state index contributed by atoms with van der Waals surface area (Å²) in [6.45, 7) is 9.11. The Labute approximate surface area is 104 Å². The molecule has 0 aromatic rings. The van der Waals surface area contributed by atoms with Gasteiger partial charge in [0, 0.05) is 0 Å². The zero-order valence-corrected chi connectivity index (χ0v) is 12.7. The molecule has 69 valence electrons. The Balaban J connectivity index is 0. The van der Waals surface area contributed by atoms with E-state index in [0.29, 0.717) is 2.86 Å². The SMILES string of the molecule is CC1=P[C](C)([Zr])C(C)=C1C.Cl.Cl. The van der Waals surface area contributed by atoms with Crippen LogP contribution in [0.2, 0.25) is 0 Å². The molecular weight excluding hydrogens is 289 g/mol. The molecule has 12 heavy (non-hydrogen) atoms. The third kappa shape index (κ3) is 2.95. The molecule has 4 heteroatoms. The summed E-state index contributed by atoms with van der Waals surface area (Å²) < 4.78 is 0.501. The standard InChI is InChI=1S/C8H12P.2ClH.Zr/c1-5-6(2)8(4)9-7(5)3;;;/h1-4H3;2*1H;. The Morgan fingerprint density at radius 1 is 1.17 bits per heavy atom. The molecule has 0 aliphatic carbocycles. The number of rotatable bonds is 0. The third-order valence-corrected chi connectivity index (χ3v) is 5.43. The second kappa shape index (κ2) is 5.30. The van der Waals surface area contributed by atoms with Crippen LogP contribution in [0.1, 0.15) is 27.7 Å². The van der Waals surface area contributed by atoms with Crippen molar-refractivity contribution in [1.82, 2.24) is 0 Å². The fourth-order valence-electron chi connectivity index (χ4n) is 1.14. The van der Waals surface area contributed by atoms with E-state index in [4.69, 9.17) is 0 Å². The summed E-state index contributed by atoms with van der Waals surface area (Å²) in [5.74, 6) is 0. The maximum absolute atomic E-state index is 2.35. The van der Waals surface area contributed by atoms with Crippen LogP contribution in [0.3, 0.4) is 0 Å². The van der Waals surface area contributed by atoms with Crippen LogP contribution in [-0.2, 0) is 24.7 Å². The molecule has 1 rings (SSSR count). The second-order valence-corrected chi connectivity index (χ2v) is 8.30.